The van der Waals surface area contributed by atoms with E-state index in [2.05, 4.69) is 78.8 Å². The monoisotopic (exact) mass is 1580 g/mol. The maximum absolute atomic E-state index is 14.5. The summed E-state index contributed by atoms with van der Waals surface area (Å²) in [6.07, 6.45) is -2.31. The number of amides is 14. The number of nitrogens with zero attached hydrogens (tertiary/aromatic N) is 2. The molecule has 0 spiro atoms. The van der Waals surface area contributed by atoms with E-state index in [-0.39, 0.29) is 81.6 Å². The standard InChI is InChI=1S/C72H116N20O20/c1-35(2)26-48(88-67(107)51(29-38(7)8)91-70(110)58(39(9)10)92-69(109)52(31-42-33-78-34-80-42)86-60(100)43(73)30-41-16-13-12-14-17-41)64(104)81-40(11)59(99)82-44(18-15-25-79-72(76)77)61(101)87-50(28-37(5)6)66(106)89-49(27-36(3)4)65(105)84-46(21-24-56(95)96)63(103)90-53(32-57(97)98)68(108)83-45(19-22-54(74)93)62(102)85-47(71(111)112)20-23-55(75)94/h12-14,16-17,33-40,43-53,58H,15,18-32,73H2,1-11H3,(H2,74,93)(H2,75,94)(H,78,80)(H,81,104)(H,82,99)(H,83,108)(H,84,105)(H,85,102)(H,86,100)(H,87,101)(H,88,107)(H,89,106)(H,90,103)(H,91,110)(H,92,109)(H,95,96)(H,97,98)(H,111,112)(H4,76,77,79)/t40-,43-,44-,45-,46-,47-,48-,49-,50-,51-,52-,53-,58-/m0/s1. The molecule has 0 unspecified atom stereocenters. The minimum atomic E-state index is -2.12. The SMILES string of the molecule is CC(C)C[C@H](NC(=O)[C@H](CC(C)C)NC(=O)[C@@H](NC(=O)[C@H](Cc1cnc[nH]1)NC(=O)[C@@H](N)Cc1ccccc1)C(C)C)C(=O)N[C@@H](C)C(=O)N[C@@H](CCCN=C(N)N)C(=O)N[C@@H](CC(C)C)C(=O)N[C@@H](CC(C)C)C(=O)N[C@@H](CCC(=O)O)C(=O)N[C@@H](CC(=O)O)C(=O)N[C@@H](CCC(N)=O)C(=O)N[C@@H](CCC(N)=O)C(=O)O. The van der Waals surface area contributed by atoms with Crippen molar-refractivity contribution in [3.8, 4) is 0 Å². The number of primary amides is 2. The summed E-state index contributed by atoms with van der Waals surface area (Å²) in [6, 6.07) is -10.7. The van der Waals surface area contributed by atoms with Crippen LogP contribution in [0.15, 0.2) is 47.8 Å². The molecule has 112 heavy (non-hydrogen) atoms. The third-order valence-electron chi connectivity index (χ3n) is 17.1. The van der Waals surface area contributed by atoms with Crippen LogP contribution in [0.3, 0.4) is 0 Å². The summed E-state index contributed by atoms with van der Waals surface area (Å²) in [5.74, 6) is -20.6. The molecule has 0 saturated heterocycles. The Bertz CT molecular complexity index is 3550. The number of carboxylic acid groups (broad SMARTS) is 3. The van der Waals surface area contributed by atoms with Gasteiger partial charge in [-0.1, -0.05) is 99.6 Å². The fourth-order valence-electron chi connectivity index (χ4n) is 11.3. The molecular weight excluding hydrogens is 1460 g/mol. The van der Waals surface area contributed by atoms with Crippen molar-refractivity contribution in [1.29, 1.82) is 0 Å². The molecule has 13 atom stereocenters. The predicted molar refractivity (Wildman–Crippen MR) is 405 cm³/mol. The zero-order valence-corrected chi connectivity index (χ0v) is 65.3. The molecule has 40 nitrogen and oxygen atoms in total. The van der Waals surface area contributed by atoms with Crippen LogP contribution in [0, 0.1) is 29.6 Å². The Morgan fingerprint density at radius 1 is 0.411 bits per heavy atom. The summed E-state index contributed by atoms with van der Waals surface area (Å²) >= 11 is 0. The number of carboxylic acids is 3. The van der Waals surface area contributed by atoms with E-state index in [0.717, 1.165) is 5.56 Å². The molecule has 0 aliphatic heterocycles. The number of carbonyl (C=O) groups is 17. The second-order valence-electron chi connectivity index (χ2n) is 29.5. The Hall–Kier alpha value is -11.3. The molecule has 0 radical (unpaired) electrons. The number of guanidine groups is 1. The van der Waals surface area contributed by atoms with Crippen molar-refractivity contribution in [2.45, 2.75) is 251 Å². The lowest BCUT2D eigenvalue weighted by molar-refractivity contribution is -0.144. The third-order valence-corrected chi connectivity index (χ3v) is 17.1. The number of hydrogen-bond acceptors (Lipinski definition) is 20. The van der Waals surface area contributed by atoms with E-state index in [9.17, 15) is 96.8 Å². The zero-order chi connectivity index (χ0) is 84.8. The van der Waals surface area contributed by atoms with Gasteiger partial charge in [0.25, 0.3) is 0 Å². The summed E-state index contributed by atoms with van der Waals surface area (Å²) in [7, 11) is 0. The number of aliphatic imine (C=N–C) groups is 1. The quantitative estimate of drug-likeness (QED) is 0.0172. The van der Waals surface area contributed by atoms with E-state index in [0.29, 0.717) is 5.69 Å². The van der Waals surface area contributed by atoms with Gasteiger partial charge in [0.1, 0.15) is 72.5 Å². The summed E-state index contributed by atoms with van der Waals surface area (Å²) < 4.78 is 0. The van der Waals surface area contributed by atoms with Gasteiger partial charge >= 0.3 is 17.9 Å². The first-order valence-electron chi connectivity index (χ1n) is 37.1. The van der Waals surface area contributed by atoms with Crippen LogP contribution in [0.5, 0.6) is 0 Å². The molecule has 1 aromatic carbocycles. The predicted octanol–water partition coefficient (Wildman–Crippen LogP) is -3.79. The first-order chi connectivity index (χ1) is 52.4. The molecule has 0 bridgehead atoms. The Balaban J connectivity index is 2.46. The number of rotatable bonds is 53. The molecule has 14 amide bonds. The number of benzene rings is 1. The van der Waals surface area contributed by atoms with Gasteiger partial charge < -0.3 is 113 Å². The Morgan fingerprint density at radius 3 is 1.20 bits per heavy atom. The molecule has 1 aromatic heterocycles. The summed E-state index contributed by atoms with van der Waals surface area (Å²) in [4.78, 5) is 240. The second-order valence-corrected chi connectivity index (χ2v) is 29.5. The van der Waals surface area contributed by atoms with Crippen molar-refractivity contribution in [2.24, 2.45) is 63.3 Å². The van der Waals surface area contributed by atoms with Crippen molar-refractivity contribution in [1.82, 2.24) is 73.8 Å². The highest BCUT2D eigenvalue weighted by Crippen LogP contribution is 2.16. The third kappa shape index (κ3) is 37.8. The van der Waals surface area contributed by atoms with Crippen molar-refractivity contribution in [3.05, 3.63) is 54.1 Å². The van der Waals surface area contributed by atoms with Gasteiger partial charge in [-0.05, 0) is 106 Å². The number of aromatic amines is 1. The molecule has 0 saturated carbocycles. The number of nitrogens with two attached hydrogens (primary N) is 5. The van der Waals surface area contributed by atoms with Gasteiger partial charge in [-0.25, -0.2) is 9.78 Å². The van der Waals surface area contributed by atoms with Gasteiger partial charge in [-0.3, -0.25) is 81.7 Å². The van der Waals surface area contributed by atoms with Gasteiger partial charge in [0, 0.05) is 44.1 Å². The van der Waals surface area contributed by atoms with E-state index in [1.807, 2.05) is 6.07 Å². The molecule has 40 heteroatoms. The van der Waals surface area contributed by atoms with Crippen LogP contribution in [0.25, 0.3) is 0 Å². The van der Waals surface area contributed by atoms with Gasteiger partial charge in [-0.2, -0.15) is 0 Å². The van der Waals surface area contributed by atoms with E-state index >= 15 is 0 Å². The molecular formula is C72H116N20O20. The number of nitrogens with one attached hydrogen (secondary N) is 13. The minimum absolute atomic E-state index is 0.0140. The number of imidazole rings is 1. The lowest BCUT2D eigenvalue weighted by Crippen LogP contribution is -2.61. The topological polar surface area (TPSA) is 666 Å². The van der Waals surface area contributed by atoms with Crippen molar-refractivity contribution in [3.63, 3.8) is 0 Å². The fraction of sp³-hybridized carbons (Fsp3) is 0.625. The van der Waals surface area contributed by atoms with E-state index < -0.39 is 236 Å². The van der Waals surface area contributed by atoms with E-state index in [1.165, 1.54) is 19.4 Å². The Morgan fingerprint density at radius 2 is 0.786 bits per heavy atom. The fourth-order valence-corrected chi connectivity index (χ4v) is 11.3. The average molecular weight is 1580 g/mol. The molecule has 2 aromatic rings. The Labute approximate surface area is 649 Å². The van der Waals surface area contributed by atoms with E-state index in [4.69, 9.17) is 28.7 Å². The first kappa shape index (κ1) is 96.7. The van der Waals surface area contributed by atoms with Gasteiger partial charge in [-0.15, -0.1) is 0 Å². The van der Waals surface area contributed by atoms with Gasteiger partial charge in [0.15, 0.2) is 5.96 Å². The minimum Gasteiger partial charge on any atom is -0.481 e. The smallest absolute Gasteiger partial charge is 0.326 e. The zero-order valence-electron chi connectivity index (χ0n) is 65.3. The molecule has 1 heterocycles. The molecule has 0 aliphatic rings. The lowest BCUT2D eigenvalue weighted by atomic mass is 9.98. The highest BCUT2D eigenvalue weighted by Gasteiger charge is 2.39. The molecule has 0 aliphatic carbocycles. The highest BCUT2D eigenvalue weighted by molar-refractivity contribution is 6.00. The van der Waals surface area contributed by atoms with Crippen LogP contribution >= 0.6 is 0 Å². The normalized spacial score (nSPS) is 14.7. The second kappa shape index (κ2) is 49.0. The number of aliphatic carboxylic acids is 3. The van der Waals surface area contributed by atoms with Crippen molar-refractivity contribution < 1.29 is 96.8 Å². The van der Waals surface area contributed by atoms with Crippen molar-refractivity contribution in [2.75, 3.05) is 6.54 Å². The van der Waals surface area contributed by atoms with Crippen LogP contribution < -0.4 is 92.5 Å². The van der Waals surface area contributed by atoms with Gasteiger partial charge in [0.05, 0.1) is 18.8 Å². The summed E-state index contributed by atoms with van der Waals surface area (Å²) in [5, 5.41) is 59.2. The average Bonchev–Trinajstić information content (AvgIpc) is 1.62. The van der Waals surface area contributed by atoms with Crippen LogP contribution in [0.1, 0.15) is 171 Å². The van der Waals surface area contributed by atoms with Crippen LogP contribution in [-0.4, -0.2) is 217 Å². The maximum Gasteiger partial charge on any atom is 0.326 e. The number of H-pyrrole nitrogens is 1. The lowest BCUT2D eigenvalue weighted by Gasteiger charge is -2.29. The van der Waals surface area contributed by atoms with E-state index in [1.54, 1.807) is 93.5 Å². The number of aromatic nitrogens is 2. The summed E-state index contributed by atoms with van der Waals surface area (Å²) in [6.45, 7) is 18.4. The van der Waals surface area contributed by atoms with Crippen LogP contribution in [0.4, 0.5) is 0 Å². The van der Waals surface area contributed by atoms with Crippen molar-refractivity contribution >= 4 is 107 Å². The number of carbonyl (C=O) groups excluding carboxylic acids is 14. The highest BCUT2D eigenvalue weighted by atomic mass is 16.4. The molecule has 624 valence electrons. The molecule has 2 rings (SSSR count). The molecule has 26 N–H and O–H groups in total. The van der Waals surface area contributed by atoms with Crippen LogP contribution in [0.2, 0.25) is 0 Å². The summed E-state index contributed by atoms with van der Waals surface area (Å²) in [5.41, 5.74) is 29.1. The first-order valence-corrected chi connectivity index (χ1v) is 37.1. The largest absolute Gasteiger partial charge is 0.481 e. The van der Waals surface area contributed by atoms with Gasteiger partial charge in [0.2, 0.25) is 82.7 Å². The van der Waals surface area contributed by atoms with Crippen LogP contribution in [-0.2, 0) is 94.3 Å². The Kier molecular flexibility index (Phi) is 42.3. The maximum atomic E-state index is 14.5. The number of hydrogen-bond donors (Lipinski definition) is 21. The molecule has 0 fully saturated rings.